The van der Waals surface area contributed by atoms with Gasteiger partial charge in [-0.1, -0.05) is 17.7 Å². The third-order valence-corrected chi connectivity index (χ3v) is 3.74. The Morgan fingerprint density at radius 3 is 2.43 bits per heavy atom. The van der Waals surface area contributed by atoms with Crippen LogP contribution in [0.5, 0.6) is 0 Å². The second-order valence-electron chi connectivity index (χ2n) is 4.73. The SMILES string of the molecule is NC1=NCC(c2ccc(F)cc2Cl)N1c1ccc(F)cc1. The number of hydrogen-bond acceptors (Lipinski definition) is 3. The first kappa shape index (κ1) is 13.8. The molecule has 3 rings (SSSR count). The van der Waals surface area contributed by atoms with Gasteiger partial charge in [-0.15, -0.1) is 0 Å². The summed E-state index contributed by atoms with van der Waals surface area (Å²) in [4.78, 5) is 5.97. The number of nitrogens with zero attached hydrogens (tertiary/aromatic N) is 2. The van der Waals surface area contributed by atoms with E-state index in [1.165, 1.54) is 24.3 Å². The highest BCUT2D eigenvalue weighted by molar-refractivity contribution is 6.31. The van der Waals surface area contributed by atoms with E-state index in [2.05, 4.69) is 4.99 Å². The first-order valence-electron chi connectivity index (χ1n) is 6.36. The fourth-order valence-corrected chi connectivity index (χ4v) is 2.71. The fourth-order valence-electron chi connectivity index (χ4n) is 2.42. The molecule has 0 saturated carbocycles. The minimum Gasteiger partial charge on any atom is -0.369 e. The molecule has 1 aliphatic heterocycles. The van der Waals surface area contributed by atoms with Gasteiger partial charge in [-0.2, -0.15) is 0 Å². The molecular weight excluding hydrogens is 296 g/mol. The van der Waals surface area contributed by atoms with Gasteiger partial charge in [0.25, 0.3) is 0 Å². The molecular formula is C15H12ClF2N3. The van der Waals surface area contributed by atoms with E-state index in [1.54, 1.807) is 23.1 Å². The van der Waals surface area contributed by atoms with Crippen LogP contribution >= 0.6 is 11.6 Å². The molecule has 0 amide bonds. The highest BCUT2D eigenvalue weighted by Gasteiger charge is 2.30. The second kappa shape index (κ2) is 5.33. The predicted octanol–water partition coefficient (Wildman–Crippen LogP) is 3.49. The van der Waals surface area contributed by atoms with Crippen molar-refractivity contribution in [3.8, 4) is 0 Å². The van der Waals surface area contributed by atoms with Crippen molar-refractivity contribution < 1.29 is 8.78 Å². The van der Waals surface area contributed by atoms with Gasteiger partial charge in [0.05, 0.1) is 12.6 Å². The summed E-state index contributed by atoms with van der Waals surface area (Å²) in [6, 6.07) is 9.93. The van der Waals surface area contributed by atoms with E-state index < -0.39 is 5.82 Å². The van der Waals surface area contributed by atoms with Crippen LogP contribution in [0.25, 0.3) is 0 Å². The maximum absolute atomic E-state index is 13.2. The number of halogens is 3. The minimum atomic E-state index is -0.399. The van der Waals surface area contributed by atoms with Crippen molar-refractivity contribution in [2.24, 2.45) is 10.7 Å². The van der Waals surface area contributed by atoms with Gasteiger partial charge in [-0.05, 0) is 42.0 Å². The summed E-state index contributed by atoms with van der Waals surface area (Å²) in [6.07, 6.45) is 0. The van der Waals surface area contributed by atoms with E-state index in [0.29, 0.717) is 23.2 Å². The van der Waals surface area contributed by atoms with Crippen LogP contribution in [0.2, 0.25) is 5.02 Å². The highest BCUT2D eigenvalue weighted by atomic mass is 35.5. The zero-order valence-corrected chi connectivity index (χ0v) is 11.7. The molecule has 1 aliphatic rings. The van der Waals surface area contributed by atoms with Gasteiger partial charge in [0, 0.05) is 10.7 Å². The van der Waals surface area contributed by atoms with Crippen LogP contribution < -0.4 is 10.6 Å². The number of hydrogen-bond donors (Lipinski definition) is 1. The summed E-state index contributed by atoms with van der Waals surface area (Å²) in [7, 11) is 0. The maximum atomic E-state index is 13.2. The van der Waals surface area contributed by atoms with Crippen molar-refractivity contribution in [2.75, 3.05) is 11.4 Å². The van der Waals surface area contributed by atoms with Crippen LogP contribution in [0.3, 0.4) is 0 Å². The average Bonchev–Trinajstić information content (AvgIpc) is 2.82. The number of benzene rings is 2. The molecule has 0 aromatic heterocycles. The Labute approximate surface area is 125 Å². The fraction of sp³-hybridized carbons (Fsp3) is 0.133. The molecule has 108 valence electrons. The van der Waals surface area contributed by atoms with Gasteiger partial charge in [0.2, 0.25) is 0 Å². The Morgan fingerprint density at radius 2 is 1.76 bits per heavy atom. The van der Waals surface area contributed by atoms with Crippen LogP contribution in [0.1, 0.15) is 11.6 Å². The quantitative estimate of drug-likeness (QED) is 0.922. The van der Waals surface area contributed by atoms with Gasteiger partial charge < -0.3 is 10.6 Å². The lowest BCUT2D eigenvalue weighted by Gasteiger charge is -2.27. The van der Waals surface area contributed by atoms with E-state index in [4.69, 9.17) is 17.3 Å². The van der Waals surface area contributed by atoms with E-state index in [-0.39, 0.29) is 11.9 Å². The van der Waals surface area contributed by atoms with Crippen LogP contribution in [0.15, 0.2) is 47.5 Å². The average molecular weight is 308 g/mol. The largest absolute Gasteiger partial charge is 0.369 e. The molecule has 0 radical (unpaired) electrons. The molecule has 21 heavy (non-hydrogen) atoms. The lowest BCUT2D eigenvalue weighted by Crippen LogP contribution is -2.36. The van der Waals surface area contributed by atoms with Crippen molar-refractivity contribution in [3.05, 3.63) is 64.7 Å². The minimum absolute atomic E-state index is 0.233. The van der Waals surface area contributed by atoms with Crippen LogP contribution in [-0.2, 0) is 0 Å². The molecule has 1 atom stereocenters. The van der Waals surface area contributed by atoms with Gasteiger partial charge in [0.15, 0.2) is 5.96 Å². The summed E-state index contributed by atoms with van der Waals surface area (Å²) >= 11 is 6.12. The zero-order valence-electron chi connectivity index (χ0n) is 10.9. The smallest absolute Gasteiger partial charge is 0.196 e. The molecule has 3 nitrogen and oxygen atoms in total. The molecule has 6 heteroatoms. The molecule has 0 bridgehead atoms. The van der Waals surface area contributed by atoms with Crippen LogP contribution in [0, 0.1) is 11.6 Å². The first-order chi connectivity index (χ1) is 10.1. The Bertz CT molecular complexity index is 701. The number of aliphatic imine (C=N–C) groups is 1. The summed E-state index contributed by atoms with van der Waals surface area (Å²) < 4.78 is 26.2. The van der Waals surface area contributed by atoms with E-state index in [0.717, 1.165) is 5.56 Å². The van der Waals surface area contributed by atoms with Crippen molar-refractivity contribution in [2.45, 2.75) is 6.04 Å². The number of nitrogens with two attached hydrogens (primary N) is 1. The van der Waals surface area contributed by atoms with Crippen LogP contribution in [-0.4, -0.2) is 12.5 Å². The second-order valence-corrected chi connectivity index (χ2v) is 5.13. The molecule has 2 aromatic carbocycles. The van der Waals surface area contributed by atoms with E-state index >= 15 is 0 Å². The van der Waals surface area contributed by atoms with Crippen LogP contribution in [0.4, 0.5) is 14.5 Å². The molecule has 0 spiro atoms. The van der Waals surface area contributed by atoms with Crippen molar-refractivity contribution >= 4 is 23.2 Å². The van der Waals surface area contributed by atoms with Gasteiger partial charge in [-0.3, -0.25) is 4.99 Å². The lowest BCUT2D eigenvalue weighted by molar-refractivity contribution is 0.624. The van der Waals surface area contributed by atoms with Gasteiger partial charge in [-0.25, -0.2) is 8.78 Å². The topological polar surface area (TPSA) is 41.6 Å². The van der Waals surface area contributed by atoms with Gasteiger partial charge >= 0.3 is 0 Å². The standard InChI is InChI=1S/C15H12ClF2N3/c16-13-7-10(18)3-6-12(13)14-8-20-15(19)21(14)11-4-1-9(17)2-5-11/h1-7,14H,8H2,(H2,19,20). The van der Waals surface area contributed by atoms with Crippen molar-refractivity contribution in [1.82, 2.24) is 0 Å². The van der Waals surface area contributed by atoms with Gasteiger partial charge in [0.1, 0.15) is 11.6 Å². The molecule has 2 N–H and O–H groups in total. The highest BCUT2D eigenvalue weighted by Crippen LogP contribution is 2.34. The summed E-state index contributed by atoms with van der Waals surface area (Å²) in [5.74, 6) is -0.402. The Morgan fingerprint density at radius 1 is 1.10 bits per heavy atom. The molecule has 0 aliphatic carbocycles. The molecule has 2 aromatic rings. The van der Waals surface area contributed by atoms with Crippen molar-refractivity contribution in [3.63, 3.8) is 0 Å². The van der Waals surface area contributed by atoms with E-state index in [9.17, 15) is 8.78 Å². The van der Waals surface area contributed by atoms with E-state index in [1.807, 2.05) is 0 Å². The lowest BCUT2D eigenvalue weighted by atomic mass is 10.1. The number of anilines is 1. The zero-order chi connectivity index (χ0) is 15.0. The Kier molecular flexibility index (Phi) is 3.51. The summed E-state index contributed by atoms with van der Waals surface area (Å²) in [5, 5.41) is 0.317. The predicted molar refractivity (Wildman–Crippen MR) is 79.5 cm³/mol. The normalized spacial score (nSPS) is 18.0. The van der Waals surface area contributed by atoms with Crippen molar-refractivity contribution in [1.29, 1.82) is 0 Å². The number of rotatable bonds is 2. The molecule has 0 saturated heterocycles. The summed E-state index contributed by atoms with van der Waals surface area (Å²) in [5.41, 5.74) is 7.36. The molecule has 0 fully saturated rings. The Balaban J connectivity index is 2.00. The maximum Gasteiger partial charge on any atom is 0.196 e. The molecule has 1 heterocycles. The Hall–Kier alpha value is -2.14. The summed E-state index contributed by atoms with van der Waals surface area (Å²) in [6.45, 7) is 0.411. The monoisotopic (exact) mass is 307 g/mol. The first-order valence-corrected chi connectivity index (χ1v) is 6.74. The number of guanidine groups is 1. The third kappa shape index (κ3) is 2.56. The third-order valence-electron chi connectivity index (χ3n) is 3.41. The molecule has 1 unspecified atom stereocenters.